The predicted octanol–water partition coefficient (Wildman–Crippen LogP) is 1.38. The van der Waals surface area contributed by atoms with Crippen molar-refractivity contribution < 1.29 is 18.3 Å². The molecule has 0 fully saturated rings. The Hall–Kier alpha value is -1.43. The van der Waals surface area contributed by atoms with Crippen LogP contribution >= 0.6 is 0 Å². The summed E-state index contributed by atoms with van der Waals surface area (Å²) in [6.07, 6.45) is -2.84. The van der Waals surface area contributed by atoms with Crippen molar-refractivity contribution in [2.75, 3.05) is 5.73 Å². The zero-order valence-corrected chi connectivity index (χ0v) is 7.05. The molecule has 0 aliphatic carbocycles. The van der Waals surface area contributed by atoms with E-state index in [0.29, 0.717) is 0 Å². The fourth-order valence-corrected chi connectivity index (χ4v) is 1.00. The van der Waals surface area contributed by atoms with Crippen LogP contribution in [0.15, 0.2) is 12.1 Å². The highest BCUT2D eigenvalue weighted by Crippen LogP contribution is 2.33. The molecule has 0 saturated heterocycles. The van der Waals surface area contributed by atoms with Gasteiger partial charge in [-0.2, -0.15) is 0 Å². The number of alkyl halides is 2. The first-order valence-electron chi connectivity index (χ1n) is 3.75. The van der Waals surface area contributed by atoms with Crippen molar-refractivity contribution in [2.45, 2.75) is 12.5 Å². The van der Waals surface area contributed by atoms with Crippen molar-refractivity contribution in [1.29, 1.82) is 0 Å². The lowest BCUT2D eigenvalue weighted by atomic mass is 10.1. The zero-order chi connectivity index (χ0) is 10.9. The molecule has 0 amide bonds. The second kappa shape index (κ2) is 3.75. The Balaban J connectivity index is 3.17. The molecule has 1 rings (SSSR count). The number of nitrogen functional groups attached to an aromatic ring is 1. The highest BCUT2D eigenvalue weighted by molar-refractivity contribution is 5.57. The maximum Gasteiger partial charge on any atom is 0.257 e. The first-order valence-corrected chi connectivity index (χ1v) is 3.75. The Morgan fingerprint density at radius 1 is 1.29 bits per heavy atom. The quantitative estimate of drug-likeness (QED) is 0.505. The van der Waals surface area contributed by atoms with E-state index in [4.69, 9.17) is 11.5 Å². The lowest BCUT2D eigenvalue weighted by Crippen LogP contribution is -2.19. The first-order chi connectivity index (χ1) is 6.45. The molecule has 0 aliphatic rings. The molecular formula is C8H9F3N2O. The van der Waals surface area contributed by atoms with Crippen molar-refractivity contribution in [3.8, 4) is 5.75 Å². The van der Waals surface area contributed by atoms with Gasteiger partial charge in [0, 0.05) is 5.56 Å². The minimum Gasteiger partial charge on any atom is -0.505 e. The summed E-state index contributed by atoms with van der Waals surface area (Å²) in [5.41, 5.74) is 9.33. The fourth-order valence-electron chi connectivity index (χ4n) is 1.00. The number of hydrogen-bond acceptors (Lipinski definition) is 3. The lowest BCUT2D eigenvalue weighted by Gasteiger charge is -2.13. The lowest BCUT2D eigenvalue weighted by molar-refractivity contribution is 0.115. The number of halogens is 3. The summed E-state index contributed by atoms with van der Waals surface area (Å²) in [4.78, 5) is 0. The molecule has 6 heteroatoms. The van der Waals surface area contributed by atoms with Crippen molar-refractivity contribution in [1.82, 2.24) is 0 Å². The number of rotatable bonds is 2. The number of phenolic OH excluding ortho intramolecular Hbond substituents is 1. The fraction of sp³-hybridized carbons (Fsp3) is 0.250. The number of anilines is 1. The number of phenols is 1. The number of aromatic hydroxyl groups is 1. The minimum atomic E-state index is -2.84. The molecule has 0 saturated carbocycles. The molecule has 0 radical (unpaired) electrons. The van der Waals surface area contributed by atoms with Crippen LogP contribution in [-0.2, 0) is 0 Å². The van der Waals surface area contributed by atoms with Crippen LogP contribution in [0.25, 0.3) is 0 Å². The molecule has 78 valence electrons. The molecule has 1 aromatic rings. The van der Waals surface area contributed by atoms with Gasteiger partial charge < -0.3 is 16.6 Å². The van der Waals surface area contributed by atoms with Crippen molar-refractivity contribution in [2.24, 2.45) is 5.73 Å². The van der Waals surface area contributed by atoms with E-state index in [2.05, 4.69) is 0 Å². The van der Waals surface area contributed by atoms with Gasteiger partial charge in [-0.1, -0.05) is 6.07 Å². The van der Waals surface area contributed by atoms with E-state index in [-0.39, 0.29) is 5.56 Å². The molecule has 0 aromatic heterocycles. The van der Waals surface area contributed by atoms with Gasteiger partial charge >= 0.3 is 0 Å². The summed E-state index contributed by atoms with van der Waals surface area (Å²) in [7, 11) is 0. The normalized spacial score (nSPS) is 13.2. The standard InChI is InChI=1S/C8H9F3N2O/c9-4-2-1-3(5(12)8(10)11)7(14)6(4)13/h1-2,5,8,14H,12-13H2/t5-/m0/s1. The van der Waals surface area contributed by atoms with Crippen molar-refractivity contribution >= 4 is 5.69 Å². The van der Waals surface area contributed by atoms with Crippen LogP contribution in [0.1, 0.15) is 11.6 Å². The molecule has 0 bridgehead atoms. The van der Waals surface area contributed by atoms with Gasteiger partial charge in [-0.15, -0.1) is 0 Å². The molecular weight excluding hydrogens is 197 g/mol. The average Bonchev–Trinajstić information content (AvgIpc) is 2.13. The first kappa shape index (κ1) is 10.6. The van der Waals surface area contributed by atoms with Crippen LogP contribution in [0.3, 0.4) is 0 Å². The number of benzene rings is 1. The summed E-state index contributed by atoms with van der Waals surface area (Å²) in [5.74, 6) is -1.59. The van der Waals surface area contributed by atoms with Gasteiger partial charge in [0.25, 0.3) is 6.43 Å². The van der Waals surface area contributed by atoms with Crippen LogP contribution in [-0.4, -0.2) is 11.5 Å². The molecule has 5 N–H and O–H groups in total. The Morgan fingerprint density at radius 2 is 1.86 bits per heavy atom. The smallest absolute Gasteiger partial charge is 0.257 e. The molecule has 1 atom stereocenters. The Labute approximate surface area is 78.1 Å². The third kappa shape index (κ3) is 1.74. The summed E-state index contributed by atoms with van der Waals surface area (Å²) in [6.45, 7) is 0. The molecule has 0 unspecified atom stereocenters. The van der Waals surface area contributed by atoms with Crippen molar-refractivity contribution in [3.63, 3.8) is 0 Å². The number of nitrogens with two attached hydrogens (primary N) is 2. The van der Waals surface area contributed by atoms with E-state index >= 15 is 0 Å². The van der Waals surface area contributed by atoms with Gasteiger partial charge in [0.15, 0.2) is 0 Å². The largest absolute Gasteiger partial charge is 0.505 e. The van der Waals surface area contributed by atoms with Crippen molar-refractivity contribution in [3.05, 3.63) is 23.5 Å². The average molecular weight is 206 g/mol. The maximum absolute atomic E-state index is 12.7. The van der Waals surface area contributed by atoms with Gasteiger partial charge in [0.05, 0.1) is 6.04 Å². The number of hydrogen-bond donors (Lipinski definition) is 3. The second-order valence-electron chi connectivity index (χ2n) is 2.76. The summed E-state index contributed by atoms with van der Waals surface area (Å²) >= 11 is 0. The van der Waals surface area contributed by atoms with Gasteiger partial charge in [-0.3, -0.25) is 0 Å². The third-order valence-electron chi connectivity index (χ3n) is 1.83. The third-order valence-corrected chi connectivity index (χ3v) is 1.83. The summed E-state index contributed by atoms with van der Waals surface area (Å²) in [5, 5.41) is 9.22. The highest BCUT2D eigenvalue weighted by atomic mass is 19.3. The molecule has 14 heavy (non-hydrogen) atoms. The van der Waals surface area contributed by atoms with Gasteiger partial charge in [0.1, 0.15) is 17.3 Å². The predicted molar refractivity (Wildman–Crippen MR) is 45.4 cm³/mol. The Bertz CT molecular complexity index is 344. The minimum absolute atomic E-state index is 0.265. The molecule has 0 aliphatic heterocycles. The van der Waals surface area contributed by atoms with Crippen LogP contribution in [0.4, 0.5) is 18.9 Å². The topological polar surface area (TPSA) is 72.3 Å². The molecule has 1 aromatic carbocycles. The van der Waals surface area contributed by atoms with Crippen LogP contribution < -0.4 is 11.5 Å². The van der Waals surface area contributed by atoms with Gasteiger partial charge in [-0.05, 0) is 6.07 Å². The molecule has 3 nitrogen and oxygen atoms in total. The van der Waals surface area contributed by atoms with Gasteiger partial charge in [-0.25, -0.2) is 13.2 Å². The molecule has 0 heterocycles. The summed E-state index contributed by atoms with van der Waals surface area (Å²) in [6, 6.07) is 0.197. The van der Waals surface area contributed by atoms with E-state index in [9.17, 15) is 18.3 Å². The van der Waals surface area contributed by atoms with Crippen LogP contribution in [0.2, 0.25) is 0 Å². The highest BCUT2D eigenvalue weighted by Gasteiger charge is 2.22. The Morgan fingerprint density at radius 3 is 2.36 bits per heavy atom. The van der Waals surface area contributed by atoms with Gasteiger partial charge in [0.2, 0.25) is 0 Å². The SMILES string of the molecule is Nc1c(F)ccc([C@H](N)C(F)F)c1O. The molecule has 0 spiro atoms. The summed E-state index contributed by atoms with van der Waals surface area (Å²) < 4.78 is 37.0. The van der Waals surface area contributed by atoms with E-state index in [1.807, 2.05) is 0 Å². The maximum atomic E-state index is 12.7. The van der Waals surface area contributed by atoms with Crippen LogP contribution in [0.5, 0.6) is 5.75 Å². The Kier molecular flexibility index (Phi) is 2.85. The monoisotopic (exact) mass is 206 g/mol. The van der Waals surface area contributed by atoms with E-state index < -0.39 is 29.7 Å². The second-order valence-corrected chi connectivity index (χ2v) is 2.76. The van der Waals surface area contributed by atoms with Crippen LogP contribution in [0, 0.1) is 5.82 Å². The van der Waals surface area contributed by atoms with E-state index in [0.717, 1.165) is 12.1 Å². The van der Waals surface area contributed by atoms with E-state index in [1.54, 1.807) is 0 Å². The zero-order valence-electron chi connectivity index (χ0n) is 7.05. The van der Waals surface area contributed by atoms with E-state index in [1.165, 1.54) is 0 Å².